The van der Waals surface area contributed by atoms with Crippen molar-refractivity contribution in [3.05, 3.63) is 65.2 Å². The van der Waals surface area contributed by atoms with Crippen molar-refractivity contribution in [2.75, 3.05) is 5.32 Å². The molecular formula is C24H21F3N2O2. The van der Waals surface area contributed by atoms with Gasteiger partial charge < -0.3 is 10.4 Å². The standard InChI is InChI=1S/C24H21F3N2O2/c25-24(26,27)21-15-20(12-11-18(21)16-28)29-22(30)23(31,19-9-5-2-6-10-19)14-13-17-7-3-1-4-8-17/h1,3-4,7-8,11-12,15,19,31H,2,5-6,9-10H2,(H,29,30). The fourth-order valence-corrected chi connectivity index (χ4v) is 3.73. The minimum absolute atomic E-state index is 0.160. The number of hydrogen-bond donors (Lipinski definition) is 2. The van der Waals surface area contributed by atoms with Crippen molar-refractivity contribution in [3.8, 4) is 17.9 Å². The molecule has 1 aliphatic carbocycles. The fraction of sp³-hybridized carbons (Fsp3) is 0.333. The molecule has 0 saturated heterocycles. The van der Waals surface area contributed by atoms with Crippen molar-refractivity contribution in [1.82, 2.24) is 0 Å². The van der Waals surface area contributed by atoms with Crippen LogP contribution in [0.25, 0.3) is 0 Å². The number of rotatable bonds is 3. The van der Waals surface area contributed by atoms with Gasteiger partial charge in [0.25, 0.3) is 5.91 Å². The van der Waals surface area contributed by atoms with E-state index in [0.717, 1.165) is 25.3 Å². The quantitative estimate of drug-likeness (QED) is 0.687. The summed E-state index contributed by atoms with van der Waals surface area (Å²) in [5.41, 5.74) is -3.29. The van der Waals surface area contributed by atoms with Gasteiger partial charge in [0.15, 0.2) is 0 Å². The molecule has 7 heteroatoms. The highest BCUT2D eigenvalue weighted by Crippen LogP contribution is 2.36. The number of hydrogen-bond acceptors (Lipinski definition) is 3. The molecule has 31 heavy (non-hydrogen) atoms. The number of benzene rings is 2. The van der Waals surface area contributed by atoms with Gasteiger partial charge >= 0.3 is 6.18 Å². The monoisotopic (exact) mass is 426 g/mol. The second-order valence-electron chi connectivity index (χ2n) is 7.54. The molecule has 0 spiro atoms. The van der Waals surface area contributed by atoms with E-state index in [9.17, 15) is 23.1 Å². The number of alkyl halides is 3. The maximum absolute atomic E-state index is 13.3. The van der Waals surface area contributed by atoms with Gasteiger partial charge in [0.1, 0.15) is 0 Å². The fourth-order valence-electron chi connectivity index (χ4n) is 3.73. The second-order valence-corrected chi connectivity index (χ2v) is 7.54. The first kappa shape index (κ1) is 22.4. The van der Waals surface area contributed by atoms with Gasteiger partial charge in [-0.2, -0.15) is 18.4 Å². The van der Waals surface area contributed by atoms with Crippen LogP contribution in [0.5, 0.6) is 0 Å². The van der Waals surface area contributed by atoms with E-state index in [1.54, 1.807) is 24.3 Å². The molecule has 0 bridgehead atoms. The summed E-state index contributed by atoms with van der Waals surface area (Å²) < 4.78 is 39.8. The van der Waals surface area contributed by atoms with E-state index in [0.29, 0.717) is 24.5 Å². The average Bonchev–Trinajstić information content (AvgIpc) is 2.78. The normalized spacial score (nSPS) is 16.4. The van der Waals surface area contributed by atoms with Crippen molar-refractivity contribution < 1.29 is 23.1 Å². The topological polar surface area (TPSA) is 73.1 Å². The van der Waals surface area contributed by atoms with Crippen LogP contribution in [-0.4, -0.2) is 16.6 Å². The summed E-state index contributed by atoms with van der Waals surface area (Å²) in [6.07, 6.45) is -0.905. The van der Waals surface area contributed by atoms with Crippen LogP contribution in [0.2, 0.25) is 0 Å². The lowest BCUT2D eigenvalue weighted by atomic mass is 9.76. The van der Waals surface area contributed by atoms with Crippen LogP contribution < -0.4 is 5.32 Å². The van der Waals surface area contributed by atoms with E-state index >= 15 is 0 Å². The summed E-state index contributed by atoms with van der Waals surface area (Å²) in [4.78, 5) is 13.1. The predicted octanol–water partition coefficient (Wildman–Crippen LogP) is 4.88. The molecule has 3 rings (SSSR count). The number of nitrogens with one attached hydrogen (secondary N) is 1. The Morgan fingerprint density at radius 2 is 1.74 bits per heavy atom. The van der Waals surface area contributed by atoms with Crippen LogP contribution >= 0.6 is 0 Å². The highest BCUT2D eigenvalue weighted by Gasteiger charge is 2.43. The molecule has 2 aromatic carbocycles. The highest BCUT2D eigenvalue weighted by molar-refractivity contribution is 6.00. The number of halogens is 3. The number of nitrogens with zero attached hydrogens (tertiary/aromatic N) is 1. The molecule has 1 saturated carbocycles. The van der Waals surface area contributed by atoms with Crippen molar-refractivity contribution in [3.63, 3.8) is 0 Å². The Morgan fingerprint density at radius 1 is 1.06 bits per heavy atom. The summed E-state index contributed by atoms with van der Waals surface area (Å²) in [6, 6.07) is 13.2. The molecule has 1 fully saturated rings. The summed E-state index contributed by atoms with van der Waals surface area (Å²) in [7, 11) is 0. The van der Waals surface area contributed by atoms with E-state index in [-0.39, 0.29) is 5.69 Å². The van der Waals surface area contributed by atoms with Crippen LogP contribution in [0.3, 0.4) is 0 Å². The van der Waals surface area contributed by atoms with Crippen LogP contribution in [0.15, 0.2) is 48.5 Å². The third kappa shape index (κ3) is 5.25. The SMILES string of the molecule is N#Cc1ccc(NC(=O)C(O)(C#Cc2ccccc2)C2CCCCC2)cc1C(F)(F)F. The summed E-state index contributed by atoms with van der Waals surface area (Å²) >= 11 is 0. The Kier molecular flexibility index (Phi) is 6.68. The molecule has 0 radical (unpaired) electrons. The molecular weight excluding hydrogens is 405 g/mol. The van der Waals surface area contributed by atoms with Crippen molar-refractivity contribution in [2.24, 2.45) is 5.92 Å². The van der Waals surface area contributed by atoms with E-state index < -0.39 is 34.7 Å². The number of amides is 1. The molecule has 0 aromatic heterocycles. The van der Waals surface area contributed by atoms with Crippen molar-refractivity contribution >= 4 is 11.6 Å². The zero-order valence-corrected chi connectivity index (χ0v) is 16.7. The minimum atomic E-state index is -4.75. The Hall–Kier alpha value is -3.29. The molecule has 160 valence electrons. The summed E-state index contributed by atoms with van der Waals surface area (Å²) in [6.45, 7) is 0. The van der Waals surface area contributed by atoms with Gasteiger partial charge in [-0.1, -0.05) is 49.3 Å². The first-order valence-electron chi connectivity index (χ1n) is 9.97. The van der Waals surface area contributed by atoms with Crippen molar-refractivity contribution in [2.45, 2.75) is 43.9 Å². The number of anilines is 1. The zero-order valence-electron chi connectivity index (χ0n) is 16.7. The van der Waals surface area contributed by atoms with Gasteiger partial charge in [-0.15, -0.1) is 0 Å². The minimum Gasteiger partial charge on any atom is -0.369 e. The van der Waals surface area contributed by atoms with E-state index in [1.165, 1.54) is 12.1 Å². The number of carbonyl (C=O) groups is 1. The van der Waals surface area contributed by atoms with Gasteiger partial charge in [0.05, 0.1) is 17.2 Å². The van der Waals surface area contributed by atoms with E-state index in [4.69, 9.17) is 5.26 Å². The lowest BCUT2D eigenvalue weighted by molar-refractivity contribution is -0.138. The van der Waals surface area contributed by atoms with Gasteiger partial charge in [0, 0.05) is 17.2 Å². The van der Waals surface area contributed by atoms with Gasteiger partial charge in [-0.3, -0.25) is 4.79 Å². The molecule has 1 amide bonds. The third-order valence-electron chi connectivity index (χ3n) is 5.42. The Bertz CT molecular complexity index is 1040. The Morgan fingerprint density at radius 3 is 2.35 bits per heavy atom. The van der Waals surface area contributed by atoms with Gasteiger partial charge in [-0.05, 0) is 43.2 Å². The van der Waals surface area contributed by atoms with Gasteiger partial charge in [0.2, 0.25) is 5.60 Å². The summed E-state index contributed by atoms with van der Waals surface area (Å²) in [5.74, 6) is 4.20. The highest BCUT2D eigenvalue weighted by atomic mass is 19.4. The Balaban J connectivity index is 1.94. The van der Waals surface area contributed by atoms with Gasteiger partial charge in [-0.25, -0.2) is 0 Å². The number of carbonyl (C=O) groups excluding carboxylic acids is 1. The van der Waals surface area contributed by atoms with E-state index in [2.05, 4.69) is 17.2 Å². The number of nitriles is 1. The molecule has 2 N–H and O–H groups in total. The van der Waals surface area contributed by atoms with Crippen LogP contribution in [0.1, 0.15) is 48.8 Å². The first-order valence-corrected chi connectivity index (χ1v) is 9.97. The molecule has 1 atom stereocenters. The van der Waals surface area contributed by atoms with Crippen LogP contribution in [-0.2, 0) is 11.0 Å². The maximum Gasteiger partial charge on any atom is 0.417 e. The molecule has 1 aliphatic rings. The third-order valence-corrected chi connectivity index (χ3v) is 5.42. The lowest BCUT2D eigenvalue weighted by Crippen LogP contribution is -2.49. The largest absolute Gasteiger partial charge is 0.417 e. The smallest absolute Gasteiger partial charge is 0.369 e. The molecule has 0 heterocycles. The van der Waals surface area contributed by atoms with Crippen LogP contribution in [0.4, 0.5) is 18.9 Å². The Labute approximate surface area is 178 Å². The van der Waals surface area contributed by atoms with E-state index in [1.807, 2.05) is 6.07 Å². The second kappa shape index (κ2) is 9.24. The average molecular weight is 426 g/mol. The maximum atomic E-state index is 13.3. The molecule has 0 aliphatic heterocycles. The zero-order chi connectivity index (χ0) is 22.5. The van der Waals surface area contributed by atoms with Crippen molar-refractivity contribution in [1.29, 1.82) is 5.26 Å². The van der Waals surface area contributed by atoms with Crippen LogP contribution in [0, 0.1) is 29.1 Å². The summed E-state index contributed by atoms with van der Waals surface area (Å²) in [5, 5.41) is 22.6. The molecule has 2 aromatic rings. The lowest BCUT2D eigenvalue weighted by Gasteiger charge is -2.33. The first-order chi connectivity index (χ1) is 14.7. The predicted molar refractivity (Wildman–Crippen MR) is 110 cm³/mol. The molecule has 4 nitrogen and oxygen atoms in total. The molecule has 1 unspecified atom stereocenters. The number of aliphatic hydroxyl groups is 1.